The van der Waals surface area contributed by atoms with Gasteiger partial charge in [-0.2, -0.15) is 4.98 Å². The highest BCUT2D eigenvalue weighted by molar-refractivity contribution is 5.37. The van der Waals surface area contributed by atoms with Gasteiger partial charge in [-0.25, -0.2) is 0 Å². The topological polar surface area (TPSA) is 59.2 Å². The van der Waals surface area contributed by atoms with E-state index in [0.29, 0.717) is 5.82 Å². The minimum absolute atomic E-state index is 0.108. The van der Waals surface area contributed by atoms with Crippen molar-refractivity contribution in [1.29, 1.82) is 0 Å². The summed E-state index contributed by atoms with van der Waals surface area (Å²) in [7, 11) is 0. The molecule has 0 aliphatic carbocycles. The molecule has 0 fully saturated rings. The molecule has 4 heteroatoms. The smallest absolute Gasteiger partial charge is 0.255 e. The van der Waals surface area contributed by atoms with Gasteiger partial charge in [0.15, 0.2) is 5.82 Å². The van der Waals surface area contributed by atoms with Crippen molar-refractivity contribution in [2.45, 2.75) is 18.9 Å². The van der Waals surface area contributed by atoms with Crippen LogP contribution in [-0.2, 0) is 0 Å². The Morgan fingerprint density at radius 2 is 1.43 bits per heavy atom. The van der Waals surface area contributed by atoms with E-state index in [2.05, 4.69) is 10.1 Å². The summed E-state index contributed by atoms with van der Waals surface area (Å²) in [5.41, 5.74) is 2.17. The summed E-state index contributed by atoms with van der Waals surface area (Å²) in [5, 5.41) is 13.6. The number of hydrogen-bond donors (Lipinski definition) is 1. The van der Waals surface area contributed by atoms with Gasteiger partial charge in [0.25, 0.3) is 5.89 Å². The van der Waals surface area contributed by atoms with Crippen molar-refractivity contribution >= 4 is 0 Å². The molecule has 0 unspecified atom stereocenters. The largest absolute Gasteiger partial charge is 0.384 e. The number of aliphatic hydroxyl groups is 1. The fraction of sp³-hybridized carbons (Fsp3) is 0.176. The van der Waals surface area contributed by atoms with E-state index in [-0.39, 0.29) is 11.8 Å². The first-order chi connectivity index (χ1) is 10.3. The van der Waals surface area contributed by atoms with E-state index >= 15 is 0 Å². The molecule has 4 nitrogen and oxygen atoms in total. The molecule has 0 amide bonds. The van der Waals surface area contributed by atoms with Gasteiger partial charge in [0, 0.05) is 0 Å². The van der Waals surface area contributed by atoms with E-state index < -0.39 is 6.10 Å². The van der Waals surface area contributed by atoms with Crippen molar-refractivity contribution in [3.63, 3.8) is 0 Å². The molecule has 0 bridgehead atoms. The van der Waals surface area contributed by atoms with Gasteiger partial charge in [-0.1, -0.05) is 65.8 Å². The minimum atomic E-state index is -0.765. The molecule has 3 aromatic rings. The maximum absolute atomic E-state index is 9.56. The third-order valence-corrected chi connectivity index (χ3v) is 3.34. The Morgan fingerprint density at radius 1 is 0.905 bits per heavy atom. The lowest BCUT2D eigenvalue weighted by atomic mass is 9.91. The van der Waals surface area contributed by atoms with Crippen LogP contribution in [0.5, 0.6) is 0 Å². The maximum atomic E-state index is 9.56. The maximum Gasteiger partial charge on any atom is 0.255 e. The van der Waals surface area contributed by atoms with Crippen molar-refractivity contribution in [3.05, 3.63) is 83.5 Å². The summed E-state index contributed by atoms with van der Waals surface area (Å²) in [6.45, 7) is 1.61. The number of aliphatic hydroxyl groups excluding tert-OH is 1. The molecule has 1 heterocycles. The predicted molar refractivity (Wildman–Crippen MR) is 78.8 cm³/mol. The van der Waals surface area contributed by atoms with Gasteiger partial charge in [-0.05, 0) is 18.1 Å². The third kappa shape index (κ3) is 2.85. The fourth-order valence-electron chi connectivity index (χ4n) is 2.32. The standard InChI is InChI=1S/C17H16N2O2/c1-12(20)17-18-16(19-21-17)15(13-8-4-2-5-9-13)14-10-6-3-7-11-14/h2-12,15,20H,1H3/t12-/m0/s1. The van der Waals surface area contributed by atoms with Crippen molar-refractivity contribution in [3.8, 4) is 0 Å². The number of nitrogens with zero attached hydrogens (tertiary/aromatic N) is 2. The molecule has 0 aliphatic heterocycles. The van der Waals surface area contributed by atoms with Crippen molar-refractivity contribution in [1.82, 2.24) is 10.1 Å². The van der Waals surface area contributed by atoms with Crippen LogP contribution in [0.25, 0.3) is 0 Å². The van der Waals surface area contributed by atoms with Crippen LogP contribution >= 0.6 is 0 Å². The van der Waals surface area contributed by atoms with Crippen LogP contribution in [0.1, 0.15) is 41.8 Å². The highest BCUT2D eigenvalue weighted by Gasteiger charge is 2.23. The summed E-state index contributed by atoms with van der Waals surface area (Å²) in [6, 6.07) is 20.0. The highest BCUT2D eigenvalue weighted by atomic mass is 16.5. The number of rotatable bonds is 4. The Morgan fingerprint density at radius 3 is 1.86 bits per heavy atom. The molecule has 0 spiro atoms. The van der Waals surface area contributed by atoms with Gasteiger partial charge >= 0.3 is 0 Å². The van der Waals surface area contributed by atoms with Crippen LogP contribution in [0.4, 0.5) is 0 Å². The second-order valence-electron chi connectivity index (χ2n) is 4.92. The summed E-state index contributed by atoms with van der Waals surface area (Å²) < 4.78 is 5.14. The molecule has 21 heavy (non-hydrogen) atoms. The lowest BCUT2D eigenvalue weighted by molar-refractivity contribution is 0.151. The quantitative estimate of drug-likeness (QED) is 0.796. The molecule has 0 aliphatic rings. The molecular formula is C17H16N2O2. The van der Waals surface area contributed by atoms with E-state index in [1.165, 1.54) is 0 Å². The predicted octanol–water partition coefficient (Wildman–Crippen LogP) is 3.30. The summed E-state index contributed by atoms with van der Waals surface area (Å²) in [4.78, 5) is 4.34. The first-order valence-corrected chi connectivity index (χ1v) is 6.87. The van der Waals surface area contributed by atoms with Gasteiger partial charge < -0.3 is 9.63 Å². The minimum Gasteiger partial charge on any atom is -0.384 e. The third-order valence-electron chi connectivity index (χ3n) is 3.34. The molecule has 3 rings (SSSR count). The van der Waals surface area contributed by atoms with Crippen LogP contribution in [0.3, 0.4) is 0 Å². The normalized spacial score (nSPS) is 12.5. The van der Waals surface area contributed by atoms with Gasteiger partial charge in [0.2, 0.25) is 0 Å². The summed E-state index contributed by atoms with van der Waals surface area (Å²) in [5.74, 6) is 0.689. The fourth-order valence-corrected chi connectivity index (χ4v) is 2.32. The van der Waals surface area contributed by atoms with E-state index in [1.54, 1.807) is 6.92 Å². The summed E-state index contributed by atoms with van der Waals surface area (Å²) in [6.07, 6.45) is -0.765. The molecular weight excluding hydrogens is 264 g/mol. The SMILES string of the molecule is C[C@H](O)c1nc(C(c2ccccc2)c2ccccc2)no1. The Kier molecular flexibility index (Phi) is 3.79. The number of benzene rings is 2. The highest BCUT2D eigenvalue weighted by Crippen LogP contribution is 2.30. The lowest BCUT2D eigenvalue weighted by Crippen LogP contribution is -2.05. The average Bonchev–Trinajstić information content (AvgIpc) is 3.00. The second kappa shape index (κ2) is 5.89. The monoisotopic (exact) mass is 280 g/mol. The number of hydrogen-bond acceptors (Lipinski definition) is 4. The zero-order valence-corrected chi connectivity index (χ0v) is 11.7. The second-order valence-corrected chi connectivity index (χ2v) is 4.92. The molecule has 1 N–H and O–H groups in total. The van der Waals surface area contributed by atoms with Crippen LogP contribution in [-0.4, -0.2) is 15.2 Å². The average molecular weight is 280 g/mol. The first kappa shape index (κ1) is 13.5. The zero-order chi connectivity index (χ0) is 14.7. The molecule has 1 atom stereocenters. The van der Waals surface area contributed by atoms with Crippen molar-refractivity contribution in [2.75, 3.05) is 0 Å². The zero-order valence-electron chi connectivity index (χ0n) is 11.7. The van der Waals surface area contributed by atoms with E-state index in [0.717, 1.165) is 11.1 Å². The van der Waals surface area contributed by atoms with E-state index in [1.807, 2.05) is 60.7 Å². The Balaban J connectivity index is 2.08. The molecule has 0 radical (unpaired) electrons. The van der Waals surface area contributed by atoms with Crippen molar-refractivity contribution < 1.29 is 9.63 Å². The van der Waals surface area contributed by atoms with Crippen LogP contribution in [0.15, 0.2) is 65.2 Å². The van der Waals surface area contributed by atoms with Gasteiger partial charge in [0.05, 0.1) is 5.92 Å². The Hall–Kier alpha value is -2.46. The summed E-state index contributed by atoms with van der Waals surface area (Å²) >= 11 is 0. The first-order valence-electron chi connectivity index (χ1n) is 6.87. The van der Waals surface area contributed by atoms with Gasteiger partial charge in [-0.3, -0.25) is 0 Å². The van der Waals surface area contributed by atoms with E-state index in [9.17, 15) is 5.11 Å². The van der Waals surface area contributed by atoms with Crippen LogP contribution in [0.2, 0.25) is 0 Å². The number of aromatic nitrogens is 2. The Labute approximate surface area is 123 Å². The molecule has 0 saturated carbocycles. The molecule has 106 valence electrons. The molecule has 2 aromatic carbocycles. The van der Waals surface area contributed by atoms with Crippen LogP contribution < -0.4 is 0 Å². The Bertz CT molecular complexity index is 654. The lowest BCUT2D eigenvalue weighted by Gasteiger charge is -2.14. The molecule has 0 saturated heterocycles. The van der Waals surface area contributed by atoms with Gasteiger partial charge in [-0.15, -0.1) is 0 Å². The van der Waals surface area contributed by atoms with Crippen LogP contribution in [0, 0.1) is 0 Å². The molecule has 1 aromatic heterocycles. The van der Waals surface area contributed by atoms with Gasteiger partial charge in [0.1, 0.15) is 6.10 Å². The van der Waals surface area contributed by atoms with Crippen molar-refractivity contribution in [2.24, 2.45) is 0 Å². The van der Waals surface area contributed by atoms with E-state index in [4.69, 9.17) is 4.52 Å².